The molecular formula is C9H20N2OS. The molecule has 1 amide bonds. The van der Waals surface area contributed by atoms with Gasteiger partial charge >= 0.3 is 0 Å². The van der Waals surface area contributed by atoms with Gasteiger partial charge in [-0.25, -0.2) is 0 Å². The van der Waals surface area contributed by atoms with Crippen LogP contribution in [0.25, 0.3) is 0 Å². The van der Waals surface area contributed by atoms with Crippen LogP contribution in [-0.4, -0.2) is 43.7 Å². The Hall–Kier alpha value is -0.220. The second kappa shape index (κ2) is 5.50. The lowest BCUT2D eigenvalue weighted by atomic mass is 9.93. The minimum atomic E-state index is -0.00448. The highest BCUT2D eigenvalue weighted by Gasteiger charge is 2.19. The maximum Gasteiger partial charge on any atom is 0.229 e. The molecule has 0 aliphatic heterocycles. The number of hydrogen-bond acceptors (Lipinski definition) is 3. The van der Waals surface area contributed by atoms with Crippen molar-refractivity contribution in [2.75, 3.05) is 32.9 Å². The van der Waals surface area contributed by atoms with E-state index in [0.29, 0.717) is 6.54 Å². The number of rotatable bonds is 5. The van der Waals surface area contributed by atoms with Crippen LogP contribution < -0.4 is 5.32 Å². The number of hydrogen-bond donors (Lipinski definition) is 2. The van der Waals surface area contributed by atoms with Gasteiger partial charge in [-0.2, -0.15) is 12.6 Å². The normalized spacial score (nSPS) is 11.8. The van der Waals surface area contributed by atoms with Crippen molar-refractivity contribution in [1.29, 1.82) is 0 Å². The van der Waals surface area contributed by atoms with E-state index in [2.05, 4.69) is 36.7 Å². The van der Waals surface area contributed by atoms with Gasteiger partial charge in [0, 0.05) is 13.1 Å². The van der Waals surface area contributed by atoms with E-state index in [9.17, 15) is 4.79 Å². The molecule has 13 heavy (non-hydrogen) atoms. The highest BCUT2D eigenvalue weighted by molar-refractivity contribution is 7.81. The van der Waals surface area contributed by atoms with Crippen LogP contribution in [0.2, 0.25) is 0 Å². The first-order valence-corrected chi connectivity index (χ1v) is 5.03. The molecule has 0 saturated heterocycles. The molecule has 0 aliphatic carbocycles. The van der Waals surface area contributed by atoms with E-state index in [1.165, 1.54) is 0 Å². The van der Waals surface area contributed by atoms with Gasteiger partial charge in [0.2, 0.25) is 5.91 Å². The van der Waals surface area contributed by atoms with Crippen LogP contribution in [0.4, 0.5) is 0 Å². The summed E-state index contributed by atoms with van der Waals surface area (Å²) in [4.78, 5) is 13.1. The smallest absolute Gasteiger partial charge is 0.229 e. The van der Waals surface area contributed by atoms with Crippen LogP contribution in [0.15, 0.2) is 0 Å². The summed E-state index contributed by atoms with van der Waals surface area (Å²) in [5.74, 6) is 0.257. The molecule has 0 aromatic rings. The third kappa shape index (κ3) is 6.90. The molecule has 78 valence electrons. The highest BCUT2D eigenvalue weighted by Crippen LogP contribution is 2.13. The Bertz CT molecular complexity index is 169. The van der Waals surface area contributed by atoms with Crippen molar-refractivity contribution in [2.24, 2.45) is 5.41 Å². The molecule has 0 rings (SSSR count). The third-order valence-corrected chi connectivity index (χ3v) is 1.94. The Morgan fingerprint density at radius 3 is 2.38 bits per heavy atom. The number of carbonyl (C=O) groups excluding carboxylic acids is 1. The monoisotopic (exact) mass is 204 g/mol. The fourth-order valence-electron chi connectivity index (χ4n) is 1.31. The Labute approximate surface area is 86.3 Å². The Balaban J connectivity index is 3.81. The van der Waals surface area contributed by atoms with E-state index in [0.717, 1.165) is 6.54 Å². The van der Waals surface area contributed by atoms with Crippen molar-refractivity contribution in [2.45, 2.75) is 13.8 Å². The van der Waals surface area contributed by atoms with Crippen LogP contribution >= 0.6 is 12.6 Å². The van der Waals surface area contributed by atoms with Crippen molar-refractivity contribution in [3.05, 3.63) is 0 Å². The molecular weight excluding hydrogens is 184 g/mol. The predicted octanol–water partition coefficient (Wildman–Crippen LogP) is 0.620. The second-order valence-electron chi connectivity index (χ2n) is 4.34. The van der Waals surface area contributed by atoms with Gasteiger partial charge in [0.1, 0.15) is 0 Å². The molecule has 3 nitrogen and oxygen atoms in total. The topological polar surface area (TPSA) is 32.3 Å². The number of nitrogens with zero attached hydrogens (tertiary/aromatic N) is 1. The summed E-state index contributed by atoms with van der Waals surface area (Å²) in [5, 5.41) is 2.84. The summed E-state index contributed by atoms with van der Waals surface area (Å²) in [6, 6.07) is 0. The molecule has 4 heteroatoms. The van der Waals surface area contributed by atoms with Crippen LogP contribution in [-0.2, 0) is 4.79 Å². The van der Waals surface area contributed by atoms with Gasteiger partial charge in [-0.05, 0) is 19.5 Å². The van der Waals surface area contributed by atoms with E-state index in [4.69, 9.17) is 0 Å². The van der Waals surface area contributed by atoms with E-state index in [1.54, 1.807) is 0 Å². The minimum absolute atomic E-state index is 0.00448. The molecule has 0 aromatic carbocycles. The fraction of sp³-hybridized carbons (Fsp3) is 0.889. The molecule has 0 fully saturated rings. The van der Waals surface area contributed by atoms with Gasteiger partial charge in [0.05, 0.1) is 5.75 Å². The number of carbonyl (C=O) groups is 1. The molecule has 0 aliphatic rings. The van der Waals surface area contributed by atoms with Crippen molar-refractivity contribution >= 4 is 18.5 Å². The standard InChI is InChI=1S/C9H20N2OS/c1-9(2,7-11(3)4)6-10-8(12)5-13/h13H,5-7H2,1-4H3,(H,10,12). The first kappa shape index (κ1) is 12.8. The summed E-state index contributed by atoms with van der Waals surface area (Å²) in [5.41, 5.74) is 0.113. The Morgan fingerprint density at radius 1 is 1.46 bits per heavy atom. The number of amides is 1. The zero-order valence-electron chi connectivity index (χ0n) is 8.92. The van der Waals surface area contributed by atoms with Crippen LogP contribution in [0, 0.1) is 5.41 Å². The second-order valence-corrected chi connectivity index (χ2v) is 4.65. The molecule has 0 aromatic heterocycles. The molecule has 1 N–H and O–H groups in total. The summed E-state index contributed by atoms with van der Waals surface area (Å²) >= 11 is 3.89. The van der Waals surface area contributed by atoms with E-state index >= 15 is 0 Å². The molecule has 0 unspecified atom stereocenters. The van der Waals surface area contributed by atoms with Crippen LogP contribution in [0.1, 0.15) is 13.8 Å². The van der Waals surface area contributed by atoms with E-state index in [-0.39, 0.29) is 17.1 Å². The van der Waals surface area contributed by atoms with E-state index < -0.39 is 0 Å². The molecule has 0 heterocycles. The van der Waals surface area contributed by atoms with Gasteiger partial charge in [0.15, 0.2) is 0 Å². The molecule has 0 radical (unpaired) electrons. The zero-order chi connectivity index (χ0) is 10.5. The molecule has 0 saturated carbocycles. The summed E-state index contributed by atoms with van der Waals surface area (Å²) < 4.78 is 0. The average molecular weight is 204 g/mol. The maximum atomic E-state index is 10.9. The number of thiol groups is 1. The summed E-state index contributed by atoms with van der Waals surface area (Å²) in [6.45, 7) is 5.92. The summed E-state index contributed by atoms with van der Waals surface area (Å²) in [7, 11) is 4.06. The number of nitrogens with one attached hydrogen (secondary N) is 1. The zero-order valence-corrected chi connectivity index (χ0v) is 9.82. The lowest BCUT2D eigenvalue weighted by molar-refractivity contribution is -0.119. The van der Waals surface area contributed by atoms with Crippen molar-refractivity contribution in [3.8, 4) is 0 Å². The molecule has 0 atom stereocenters. The Kier molecular flexibility index (Phi) is 5.40. The van der Waals surface area contributed by atoms with Gasteiger partial charge in [-0.3, -0.25) is 4.79 Å². The SMILES string of the molecule is CN(C)CC(C)(C)CNC(=O)CS. The van der Waals surface area contributed by atoms with Crippen LogP contribution in [0.3, 0.4) is 0 Å². The molecule has 0 spiro atoms. The fourth-order valence-corrected chi connectivity index (χ4v) is 1.42. The van der Waals surface area contributed by atoms with Gasteiger partial charge in [0.25, 0.3) is 0 Å². The minimum Gasteiger partial charge on any atom is -0.355 e. The largest absolute Gasteiger partial charge is 0.355 e. The third-order valence-electron chi connectivity index (χ3n) is 1.65. The van der Waals surface area contributed by atoms with E-state index in [1.807, 2.05) is 14.1 Å². The highest BCUT2D eigenvalue weighted by atomic mass is 32.1. The van der Waals surface area contributed by atoms with Gasteiger partial charge < -0.3 is 10.2 Å². The Morgan fingerprint density at radius 2 is 2.00 bits per heavy atom. The summed E-state index contributed by atoms with van der Waals surface area (Å²) in [6.07, 6.45) is 0. The van der Waals surface area contributed by atoms with Crippen molar-refractivity contribution in [3.63, 3.8) is 0 Å². The first-order valence-electron chi connectivity index (χ1n) is 4.40. The van der Waals surface area contributed by atoms with Crippen LogP contribution in [0.5, 0.6) is 0 Å². The quantitative estimate of drug-likeness (QED) is 0.644. The van der Waals surface area contributed by atoms with Crippen molar-refractivity contribution < 1.29 is 4.79 Å². The average Bonchev–Trinajstić information content (AvgIpc) is 1.98. The maximum absolute atomic E-state index is 10.9. The first-order chi connectivity index (χ1) is 5.87. The lowest BCUT2D eigenvalue weighted by Crippen LogP contribution is -2.40. The van der Waals surface area contributed by atoms with Crippen molar-refractivity contribution in [1.82, 2.24) is 10.2 Å². The lowest BCUT2D eigenvalue weighted by Gasteiger charge is -2.28. The van der Waals surface area contributed by atoms with Gasteiger partial charge in [-0.1, -0.05) is 13.8 Å². The predicted molar refractivity (Wildman–Crippen MR) is 59.2 cm³/mol. The molecule has 0 bridgehead atoms. The van der Waals surface area contributed by atoms with Gasteiger partial charge in [-0.15, -0.1) is 0 Å².